The maximum atomic E-state index is 13.2. The summed E-state index contributed by atoms with van der Waals surface area (Å²) in [6, 6.07) is 15.2. The van der Waals surface area contributed by atoms with Gasteiger partial charge >= 0.3 is 0 Å². The van der Waals surface area contributed by atoms with Crippen molar-refractivity contribution >= 4 is 17.2 Å². The molecule has 0 spiro atoms. The van der Waals surface area contributed by atoms with Crippen molar-refractivity contribution in [2.45, 2.75) is 13.5 Å². The van der Waals surface area contributed by atoms with Gasteiger partial charge in [-0.25, -0.2) is 4.39 Å². The molecular weight excluding hydrogens is 347 g/mol. The Kier molecular flexibility index (Phi) is 4.95. The summed E-state index contributed by atoms with van der Waals surface area (Å²) in [7, 11) is 0. The Morgan fingerprint density at radius 1 is 1.04 bits per heavy atom. The van der Waals surface area contributed by atoms with Crippen molar-refractivity contribution in [3.05, 3.63) is 65.6 Å². The maximum absolute atomic E-state index is 13.2. The summed E-state index contributed by atoms with van der Waals surface area (Å²) in [5, 5.41) is 4.32. The molecule has 0 bridgehead atoms. The van der Waals surface area contributed by atoms with Crippen LogP contribution >= 0.6 is 11.5 Å². The summed E-state index contributed by atoms with van der Waals surface area (Å²) in [4.78, 5) is 5.88. The number of hydrogen-bond acceptors (Lipinski definition) is 5. The molecule has 0 saturated carbocycles. The normalized spacial score (nSPS) is 15.4. The predicted molar refractivity (Wildman–Crippen MR) is 104 cm³/mol. The molecule has 1 saturated heterocycles. The van der Waals surface area contributed by atoms with E-state index in [9.17, 15) is 4.39 Å². The lowest BCUT2D eigenvalue weighted by Crippen LogP contribution is -2.46. The van der Waals surface area contributed by atoms with Crippen LogP contribution in [0.1, 0.15) is 11.3 Å². The topological polar surface area (TPSA) is 32.3 Å². The van der Waals surface area contributed by atoms with Crippen LogP contribution in [0.4, 0.5) is 10.1 Å². The SMILES string of the molecule is Cc1cccc(N2CCN(Cc3nnsc3-c3ccc(F)cc3)CC2)c1. The van der Waals surface area contributed by atoms with E-state index in [1.807, 2.05) is 0 Å². The fourth-order valence-electron chi connectivity index (χ4n) is 3.33. The second kappa shape index (κ2) is 7.51. The minimum absolute atomic E-state index is 0.222. The number of nitrogens with zero attached hydrogens (tertiary/aromatic N) is 4. The van der Waals surface area contributed by atoms with Gasteiger partial charge < -0.3 is 4.90 Å². The molecule has 0 aliphatic carbocycles. The molecule has 2 aromatic carbocycles. The van der Waals surface area contributed by atoms with Crippen molar-refractivity contribution in [3.63, 3.8) is 0 Å². The highest BCUT2D eigenvalue weighted by Gasteiger charge is 2.20. The number of hydrogen-bond donors (Lipinski definition) is 0. The Hall–Kier alpha value is -2.31. The summed E-state index contributed by atoms with van der Waals surface area (Å²) in [5.41, 5.74) is 4.55. The summed E-state index contributed by atoms with van der Waals surface area (Å²) in [6.07, 6.45) is 0. The van der Waals surface area contributed by atoms with Crippen molar-refractivity contribution in [1.82, 2.24) is 14.5 Å². The molecule has 4 rings (SSSR count). The second-order valence-electron chi connectivity index (χ2n) is 6.66. The van der Waals surface area contributed by atoms with Crippen LogP contribution in [0.25, 0.3) is 10.4 Å². The van der Waals surface area contributed by atoms with Gasteiger partial charge in [0.1, 0.15) is 5.82 Å². The highest BCUT2D eigenvalue weighted by atomic mass is 32.1. The maximum Gasteiger partial charge on any atom is 0.123 e. The van der Waals surface area contributed by atoms with E-state index < -0.39 is 0 Å². The van der Waals surface area contributed by atoms with E-state index in [2.05, 4.69) is 50.6 Å². The molecule has 26 heavy (non-hydrogen) atoms. The first kappa shape index (κ1) is 17.1. The zero-order chi connectivity index (χ0) is 17.9. The molecule has 4 nitrogen and oxygen atoms in total. The monoisotopic (exact) mass is 368 g/mol. The summed E-state index contributed by atoms with van der Waals surface area (Å²) in [6.45, 7) is 6.92. The van der Waals surface area contributed by atoms with Crippen LogP contribution in [0.2, 0.25) is 0 Å². The molecule has 2 heterocycles. The standard InChI is InChI=1S/C20H21FN4S/c1-15-3-2-4-18(13-15)25-11-9-24(10-12-25)14-19-20(26-23-22-19)16-5-7-17(21)8-6-16/h2-8,13H,9-12,14H2,1H3. The van der Waals surface area contributed by atoms with Gasteiger partial charge in [-0.1, -0.05) is 28.8 Å². The number of aromatic nitrogens is 2. The van der Waals surface area contributed by atoms with Crippen LogP contribution in [0.5, 0.6) is 0 Å². The average Bonchev–Trinajstić information content (AvgIpc) is 3.11. The predicted octanol–water partition coefficient (Wildman–Crippen LogP) is 3.97. The Labute approximate surface area is 157 Å². The zero-order valence-corrected chi connectivity index (χ0v) is 15.5. The van der Waals surface area contributed by atoms with E-state index in [1.165, 1.54) is 34.9 Å². The molecule has 1 aliphatic rings. The minimum atomic E-state index is -0.222. The molecule has 134 valence electrons. The molecular formula is C20H21FN4S. The molecule has 6 heteroatoms. The number of piperazine rings is 1. The minimum Gasteiger partial charge on any atom is -0.369 e. The second-order valence-corrected chi connectivity index (χ2v) is 7.41. The smallest absolute Gasteiger partial charge is 0.123 e. The number of halogens is 1. The average molecular weight is 368 g/mol. The lowest BCUT2D eigenvalue weighted by atomic mass is 10.1. The van der Waals surface area contributed by atoms with E-state index >= 15 is 0 Å². The number of benzene rings is 2. The Morgan fingerprint density at radius 2 is 1.81 bits per heavy atom. The van der Waals surface area contributed by atoms with Gasteiger partial charge in [0.2, 0.25) is 0 Å². The molecule has 1 aliphatic heterocycles. The fourth-order valence-corrected chi connectivity index (χ4v) is 4.01. The first-order valence-electron chi connectivity index (χ1n) is 8.80. The lowest BCUT2D eigenvalue weighted by Gasteiger charge is -2.36. The van der Waals surface area contributed by atoms with Gasteiger partial charge in [0.25, 0.3) is 0 Å². The summed E-state index contributed by atoms with van der Waals surface area (Å²) < 4.78 is 17.3. The molecule has 1 fully saturated rings. The Balaban J connectivity index is 1.41. The molecule has 3 aromatic rings. The van der Waals surface area contributed by atoms with Crippen molar-refractivity contribution < 1.29 is 4.39 Å². The molecule has 1 aromatic heterocycles. The van der Waals surface area contributed by atoms with Gasteiger partial charge in [-0.05, 0) is 53.8 Å². The zero-order valence-electron chi connectivity index (χ0n) is 14.7. The van der Waals surface area contributed by atoms with Crippen LogP contribution in [-0.4, -0.2) is 40.7 Å². The van der Waals surface area contributed by atoms with Crippen molar-refractivity contribution in [2.75, 3.05) is 31.1 Å². The van der Waals surface area contributed by atoms with Gasteiger partial charge in [0, 0.05) is 38.4 Å². The third kappa shape index (κ3) is 3.76. The molecule has 0 radical (unpaired) electrons. The van der Waals surface area contributed by atoms with Crippen LogP contribution < -0.4 is 4.90 Å². The number of anilines is 1. The fraction of sp³-hybridized carbons (Fsp3) is 0.300. The van der Waals surface area contributed by atoms with Gasteiger partial charge in [0.05, 0.1) is 10.6 Å². The third-order valence-corrected chi connectivity index (χ3v) is 5.59. The van der Waals surface area contributed by atoms with Gasteiger partial charge in [-0.2, -0.15) is 0 Å². The lowest BCUT2D eigenvalue weighted by molar-refractivity contribution is 0.247. The summed E-state index contributed by atoms with van der Waals surface area (Å²) >= 11 is 1.38. The van der Waals surface area contributed by atoms with Gasteiger partial charge in [0.15, 0.2) is 0 Å². The van der Waals surface area contributed by atoms with Crippen LogP contribution in [-0.2, 0) is 6.54 Å². The number of aryl methyl sites for hydroxylation is 1. The molecule has 0 N–H and O–H groups in total. The van der Waals surface area contributed by atoms with Gasteiger partial charge in [-0.3, -0.25) is 4.90 Å². The van der Waals surface area contributed by atoms with Crippen molar-refractivity contribution in [1.29, 1.82) is 0 Å². The molecule has 0 unspecified atom stereocenters. The van der Waals surface area contributed by atoms with E-state index in [-0.39, 0.29) is 5.82 Å². The van der Waals surface area contributed by atoms with Crippen molar-refractivity contribution in [2.24, 2.45) is 0 Å². The van der Waals surface area contributed by atoms with Crippen molar-refractivity contribution in [3.8, 4) is 10.4 Å². The third-order valence-electron chi connectivity index (χ3n) is 4.77. The van der Waals surface area contributed by atoms with E-state index in [4.69, 9.17) is 0 Å². The first-order valence-corrected chi connectivity index (χ1v) is 9.57. The summed E-state index contributed by atoms with van der Waals surface area (Å²) in [5.74, 6) is -0.222. The van der Waals surface area contributed by atoms with Crippen LogP contribution in [0.3, 0.4) is 0 Å². The highest BCUT2D eigenvalue weighted by molar-refractivity contribution is 7.09. The highest BCUT2D eigenvalue weighted by Crippen LogP contribution is 2.27. The van der Waals surface area contributed by atoms with E-state index in [0.29, 0.717) is 0 Å². The molecule has 0 atom stereocenters. The van der Waals surface area contributed by atoms with E-state index in [0.717, 1.165) is 48.9 Å². The first-order chi connectivity index (χ1) is 12.7. The van der Waals surface area contributed by atoms with Gasteiger partial charge in [-0.15, -0.1) is 5.10 Å². The molecule has 0 amide bonds. The Morgan fingerprint density at radius 3 is 2.54 bits per heavy atom. The quantitative estimate of drug-likeness (QED) is 0.697. The van der Waals surface area contributed by atoms with E-state index in [1.54, 1.807) is 12.1 Å². The van der Waals surface area contributed by atoms with Crippen LogP contribution in [0.15, 0.2) is 48.5 Å². The largest absolute Gasteiger partial charge is 0.369 e. The number of rotatable bonds is 4. The van der Waals surface area contributed by atoms with Crippen LogP contribution in [0, 0.1) is 12.7 Å². The Bertz CT molecular complexity index is 870.